The fourth-order valence-corrected chi connectivity index (χ4v) is 4.50. The zero-order valence-electron chi connectivity index (χ0n) is 19.9. The Morgan fingerprint density at radius 2 is 1.79 bits per heavy atom. The van der Waals surface area contributed by atoms with Crippen LogP contribution in [0.5, 0.6) is 11.5 Å². The number of rotatable bonds is 9. The number of ether oxygens (including phenoxy) is 1. The molecule has 0 aliphatic carbocycles. The van der Waals surface area contributed by atoms with E-state index in [1.807, 2.05) is 95.6 Å². The van der Waals surface area contributed by atoms with Gasteiger partial charge in [0.2, 0.25) is 0 Å². The van der Waals surface area contributed by atoms with Crippen LogP contribution in [0.1, 0.15) is 5.56 Å². The number of hydrazone groups is 1. The van der Waals surface area contributed by atoms with Gasteiger partial charge in [-0.1, -0.05) is 58.0 Å². The van der Waals surface area contributed by atoms with Gasteiger partial charge in [0.25, 0.3) is 5.91 Å². The van der Waals surface area contributed by atoms with E-state index in [4.69, 9.17) is 4.74 Å². The third-order valence-corrected chi connectivity index (χ3v) is 6.67. The van der Waals surface area contributed by atoms with Gasteiger partial charge in [0.1, 0.15) is 11.5 Å². The predicted octanol–water partition coefficient (Wildman–Crippen LogP) is 6.13. The first-order valence-corrected chi connectivity index (χ1v) is 13.3. The SMILES string of the molecule is O=C(CSc1nnc(-c2cccnc2)n1-c1ccc(Br)cc1)NN=Cc1cccc(Oc2ccccc2)c1. The lowest BCUT2D eigenvalue weighted by Gasteiger charge is -2.10. The van der Waals surface area contributed by atoms with Gasteiger partial charge in [-0.15, -0.1) is 10.2 Å². The molecule has 188 valence electrons. The first kappa shape index (κ1) is 25.4. The molecule has 0 aliphatic rings. The van der Waals surface area contributed by atoms with Gasteiger partial charge in [-0.05, 0) is 66.2 Å². The molecule has 2 aromatic heterocycles. The summed E-state index contributed by atoms with van der Waals surface area (Å²) in [6.07, 6.45) is 5.01. The van der Waals surface area contributed by atoms with Crippen LogP contribution in [-0.4, -0.2) is 37.6 Å². The number of nitrogens with one attached hydrogen (secondary N) is 1. The van der Waals surface area contributed by atoms with E-state index >= 15 is 0 Å². The standard InChI is InChI=1S/C28H21BrN6O2S/c29-22-11-13-23(14-12-22)35-27(21-7-5-15-30-18-21)33-34-28(35)38-19-26(36)32-31-17-20-6-4-10-25(16-20)37-24-8-2-1-3-9-24/h1-18H,19H2,(H,32,36). The van der Waals surface area contributed by atoms with Gasteiger partial charge in [-0.2, -0.15) is 5.10 Å². The Bertz CT molecular complexity index is 1540. The average molecular weight is 585 g/mol. The highest BCUT2D eigenvalue weighted by atomic mass is 79.9. The normalized spacial score (nSPS) is 11.0. The average Bonchev–Trinajstić information content (AvgIpc) is 3.38. The molecular formula is C28H21BrN6O2S. The summed E-state index contributed by atoms with van der Waals surface area (Å²) in [5.74, 6) is 1.90. The van der Waals surface area contributed by atoms with Crippen LogP contribution in [0.2, 0.25) is 0 Å². The number of carbonyl (C=O) groups excluding carboxylic acids is 1. The van der Waals surface area contributed by atoms with Crippen molar-refractivity contribution in [3.63, 3.8) is 0 Å². The highest BCUT2D eigenvalue weighted by molar-refractivity contribution is 9.10. The minimum absolute atomic E-state index is 0.107. The number of nitrogens with zero attached hydrogens (tertiary/aromatic N) is 5. The van der Waals surface area contributed by atoms with E-state index in [1.165, 1.54) is 11.8 Å². The van der Waals surface area contributed by atoms with Crippen LogP contribution in [0, 0.1) is 0 Å². The Balaban J connectivity index is 1.24. The molecular weight excluding hydrogens is 564 g/mol. The summed E-state index contributed by atoms with van der Waals surface area (Å²) in [6.45, 7) is 0. The molecule has 0 radical (unpaired) electrons. The fraction of sp³-hybridized carbons (Fsp3) is 0.0357. The van der Waals surface area contributed by atoms with Gasteiger partial charge < -0.3 is 4.74 Å². The molecule has 1 amide bonds. The number of benzene rings is 3. The maximum Gasteiger partial charge on any atom is 0.250 e. The number of carbonyl (C=O) groups is 1. The Labute approximate surface area is 231 Å². The third-order valence-electron chi connectivity index (χ3n) is 5.21. The first-order valence-electron chi connectivity index (χ1n) is 11.6. The highest BCUT2D eigenvalue weighted by Gasteiger charge is 2.17. The van der Waals surface area contributed by atoms with E-state index in [2.05, 4.69) is 41.6 Å². The summed E-state index contributed by atoms with van der Waals surface area (Å²) in [5, 5.41) is 13.4. The first-order chi connectivity index (χ1) is 18.7. The number of hydrogen-bond acceptors (Lipinski definition) is 7. The summed E-state index contributed by atoms with van der Waals surface area (Å²) in [5.41, 5.74) is 5.06. The van der Waals surface area contributed by atoms with Gasteiger partial charge in [-0.25, -0.2) is 5.43 Å². The number of para-hydroxylation sites is 1. The quantitative estimate of drug-likeness (QED) is 0.127. The second kappa shape index (κ2) is 12.3. The van der Waals surface area contributed by atoms with Gasteiger partial charge in [0, 0.05) is 28.1 Å². The molecule has 0 saturated carbocycles. The van der Waals surface area contributed by atoms with Crippen molar-refractivity contribution >= 4 is 39.8 Å². The molecule has 5 aromatic rings. The van der Waals surface area contributed by atoms with Crippen molar-refractivity contribution < 1.29 is 9.53 Å². The summed E-state index contributed by atoms with van der Waals surface area (Å²) in [4.78, 5) is 16.7. The van der Waals surface area contributed by atoms with Crippen molar-refractivity contribution in [1.82, 2.24) is 25.2 Å². The lowest BCUT2D eigenvalue weighted by Crippen LogP contribution is -2.20. The van der Waals surface area contributed by atoms with E-state index < -0.39 is 0 Å². The number of aromatic nitrogens is 4. The zero-order valence-corrected chi connectivity index (χ0v) is 22.3. The third kappa shape index (κ3) is 6.53. The van der Waals surface area contributed by atoms with Gasteiger partial charge >= 0.3 is 0 Å². The topological polar surface area (TPSA) is 94.3 Å². The number of thioether (sulfide) groups is 1. The van der Waals surface area contributed by atoms with Crippen molar-refractivity contribution in [2.75, 3.05) is 5.75 Å². The van der Waals surface area contributed by atoms with Crippen molar-refractivity contribution in [3.8, 4) is 28.6 Å². The van der Waals surface area contributed by atoms with Gasteiger partial charge in [0.15, 0.2) is 11.0 Å². The molecule has 10 heteroatoms. The Hall–Kier alpha value is -4.28. The van der Waals surface area contributed by atoms with Crippen LogP contribution in [-0.2, 0) is 4.79 Å². The zero-order chi connectivity index (χ0) is 26.2. The monoisotopic (exact) mass is 584 g/mol. The summed E-state index contributed by atoms with van der Waals surface area (Å²) in [6, 6.07) is 28.5. The fourth-order valence-electron chi connectivity index (χ4n) is 3.49. The predicted molar refractivity (Wildman–Crippen MR) is 152 cm³/mol. The number of pyridine rings is 1. The van der Waals surface area contributed by atoms with E-state index in [0.717, 1.165) is 27.0 Å². The maximum absolute atomic E-state index is 12.5. The Morgan fingerprint density at radius 1 is 0.974 bits per heavy atom. The van der Waals surface area contributed by atoms with Crippen molar-refractivity contribution in [3.05, 3.63) is 113 Å². The molecule has 3 aromatic carbocycles. The van der Waals surface area contributed by atoms with E-state index in [9.17, 15) is 4.79 Å². The van der Waals surface area contributed by atoms with Crippen LogP contribution in [0.4, 0.5) is 0 Å². The second-order valence-electron chi connectivity index (χ2n) is 7.93. The summed E-state index contributed by atoms with van der Waals surface area (Å²) in [7, 11) is 0. The lowest BCUT2D eigenvalue weighted by atomic mass is 10.2. The molecule has 0 spiro atoms. The van der Waals surface area contributed by atoms with Crippen LogP contribution < -0.4 is 10.2 Å². The van der Waals surface area contributed by atoms with Crippen LogP contribution in [0.15, 0.2) is 118 Å². The smallest absolute Gasteiger partial charge is 0.250 e. The van der Waals surface area contributed by atoms with Crippen molar-refractivity contribution in [2.24, 2.45) is 5.10 Å². The second-order valence-corrected chi connectivity index (χ2v) is 9.79. The lowest BCUT2D eigenvalue weighted by molar-refractivity contribution is -0.118. The highest BCUT2D eigenvalue weighted by Crippen LogP contribution is 2.28. The molecule has 8 nitrogen and oxygen atoms in total. The molecule has 38 heavy (non-hydrogen) atoms. The minimum Gasteiger partial charge on any atom is -0.457 e. The molecule has 0 bridgehead atoms. The van der Waals surface area contributed by atoms with E-state index in [1.54, 1.807) is 18.6 Å². The molecule has 0 fully saturated rings. The van der Waals surface area contributed by atoms with Crippen LogP contribution in [0.3, 0.4) is 0 Å². The number of amides is 1. The molecule has 5 rings (SSSR count). The Morgan fingerprint density at radius 3 is 2.58 bits per heavy atom. The number of halogens is 1. The maximum atomic E-state index is 12.5. The van der Waals surface area contributed by atoms with Crippen molar-refractivity contribution in [1.29, 1.82) is 0 Å². The molecule has 0 saturated heterocycles. The van der Waals surface area contributed by atoms with Gasteiger partial charge in [-0.3, -0.25) is 14.3 Å². The van der Waals surface area contributed by atoms with Crippen LogP contribution in [0.25, 0.3) is 17.1 Å². The van der Waals surface area contributed by atoms with E-state index in [-0.39, 0.29) is 11.7 Å². The minimum atomic E-state index is -0.267. The molecule has 0 unspecified atom stereocenters. The largest absolute Gasteiger partial charge is 0.457 e. The summed E-state index contributed by atoms with van der Waals surface area (Å²) < 4.78 is 8.71. The molecule has 2 heterocycles. The summed E-state index contributed by atoms with van der Waals surface area (Å²) >= 11 is 4.74. The van der Waals surface area contributed by atoms with Crippen molar-refractivity contribution in [2.45, 2.75) is 5.16 Å². The molecule has 1 N–H and O–H groups in total. The van der Waals surface area contributed by atoms with E-state index in [0.29, 0.717) is 16.7 Å². The van der Waals surface area contributed by atoms with Gasteiger partial charge in [0.05, 0.1) is 12.0 Å². The number of hydrogen-bond donors (Lipinski definition) is 1. The molecule has 0 atom stereocenters. The Kier molecular flexibility index (Phi) is 8.22. The molecule has 0 aliphatic heterocycles. The van der Waals surface area contributed by atoms with Crippen LogP contribution >= 0.6 is 27.7 Å².